The van der Waals surface area contributed by atoms with Crippen LogP contribution in [0, 0.1) is 5.41 Å². The summed E-state index contributed by atoms with van der Waals surface area (Å²) in [4.78, 5) is 0. The van der Waals surface area contributed by atoms with Crippen molar-refractivity contribution in [3.05, 3.63) is 28.8 Å². The van der Waals surface area contributed by atoms with Gasteiger partial charge in [-0.05, 0) is 42.9 Å². The van der Waals surface area contributed by atoms with Crippen LogP contribution in [-0.4, -0.2) is 13.2 Å². The van der Waals surface area contributed by atoms with Crippen molar-refractivity contribution in [1.29, 1.82) is 0 Å². The molecule has 0 atom stereocenters. The fourth-order valence-electron chi connectivity index (χ4n) is 2.19. The molecule has 0 radical (unpaired) electrons. The van der Waals surface area contributed by atoms with E-state index in [0.29, 0.717) is 22.5 Å². The third-order valence-corrected chi connectivity index (χ3v) is 4.00. The molecule has 5 heteroatoms. The van der Waals surface area contributed by atoms with Crippen molar-refractivity contribution in [2.24, 2.45) is 5.41 Å². The number of rotatable bonds is 7. The second kappa shape index (κ2) is 6.06. The van der Waals surface area contributed by atoms with Crippen LogP contribution in [0.4, 0.5) is 8.78 Å². The SMILES string of the molecule is CCC1(CNCc2cc(Cl)ccc2OC(F)F)CC1. The second-order valence-electron chi connectivity index (χ2n) is 5.09. The molecule has 106 valence electrons. The predicted molar refractivity (Wildman–Crippen MR) is 71.7 cm³/mol. The van der Waals surface area contributed by atoms with Gasteiger partial charge in [0.15, 0.2) is 0 Å². The van der Waals surface area contributed by atoms with Gasteiger partial charge in [0.2, 0.25) is 0 Å². The highest BCUT2D eigenvalue weighted by molar-refractivity contribution is 6.30. The average Bonchev–Trinajstić information content (AvgIpc) is 3.13. The predicted octanol–water partition coefficient (Wildman–Crippen LogP) is 4.22. The highest BCUT2D eigenvalue weighted by Crippen LogP contribution is 2.47. The minimum Gasteiger partial charge on any atom is -0.434 e. The standard InChI is InChI=1S/C14H18ClF2NO/c1-2-14(5-6-14)9-18-8-10-7-11(15)3-4-12(10)19-13(16)17/h3-4,7,13,18H,2,5-6,8-9H2,1H3. The molecule has 1 saturated carbocycles. The molecular formula is C14H18ClF2NO. The number of ether oxygens (including phenoxy) is 1. The van der Waals surface area contributed by atoms with Gasteiger partial charge in [-0.15, -0.1) is 0 Å². The molecule has 0 heterocycles. The molecule has 1 aromatic carbocycles. The number of nitrogens with one attached hydrogen (secondary N) is 1. The third-order valence-electron chi connectivity index (χ3n) is 3.76. The molecule has 1 fully saturated rings. The molecule has 0 aromatic heterocycles. The van der Waals surface area contributed by atoms with Gasteiger partial charge in [0, 0.05) is 23.7 Å². The van der Waals surface area contributed by atoms with E-state index >= 15 is 0 Å². The van der Waals surface area contributed by atoms with Gasteiger partial charge in [0.05, 0.1) is 0 Å². The molecule has 2 rings (SSSR count). The molecule has 1 aliphatic rings. The number of halogens is 3. The summed E-state index contributed by atoms with van der Waals surface area (Å²) in [7, 11) is 0. The lowest BCUT2D eigenvalue weighted by Crippen LogP contribution is -2.23. The van der Waals surface area contributed by atoms with Crippen LogP contribution in [0.5, 0.6) is 5.75 Å². The van der Waals surface area contributed by atoms with E-state index in [-0.39, 0.29) is 5.75 Å². The third kappa shape index (κ3) is 4.05. The molecule has 0 amide bonds. The van der Waals surface area contributed by atoms with Gasteiger partial charge in [-0.1, -0.05) is 18.5 Å². The summed E-state index contributed by atoms with van der Waals surface area (Å²) < 4.78 is 29.1. The maximum Gasteiger partial charge on any atom is 0.387 e. The lowest BCUT2D eigenvalue weighted by Gasteiger charge is -2.15. The Hall–Kier alpha value is -0.870. The van der Waals surface area contributed by atoms with E-state index in [2.05, 4.69) is 17.0 Å². The van der Waals surface area contributed by atoms with Crippen molar-refractivity contribution in [3.63, 3.8) is 0 Å². The number of hydrogen-bond acceptors (Lipinski definition) is 2. The normalized spacial score (nSPS) is 16.7. The summed E-state index contributed by atoms with van der Waals surface area (Å²) in [6.07, 6.45) is 3.63. The van der Waals surface area contributed by atoms with E-state index in [1.807, 2.05) is 0 Å². The molecule has 0 spiro atoms. The summed E-state index contributed by atoms with van der Waals surface area (Å²) in [5, 5.41) is 3.84. The first-order valence-corrected chi connectivity index (χ1v) is 6.86. The van der Waals surface area contributed by atoms with Gasteiger partial charge in [-0.3, -0.25) is 0 Å². The van der Waals surface area contributed by atoms with E-state index in [1.54, 1.807) is 12.1 Å². The van der Waals surface area contributed by atoms with Crippen LogP contribution in [0.2, 0.25) is 5.02 Å². The van der Waals surface area contributed by atoms with Crippen LogP contribution in [0.15, 0.2) is 18.2 Å². The van der Waals surface area contributed by atoms with Gasteiger partial charge < -0.3 is 10.1 Å². The van der Waals surface area contributed by atoms with E-state index in [1.165, 1.54) is 18.9 Å². The number of benzene rings is 1. The lowest BCUT2D eigenvalue weighted by molar-refractivity contribution is -0.0505. The summed E-state index contributed by atoms with van der Waals surface area (Å²) in [5.74, 6) is 0.188. The zero-order valence-electron chi connectivity index (χ0n) is 10.9. The number of hydrogen-bond donors (Lipinski definition) is 1. The summed E-state index contributed by atoms with van der Waals surface area (Å²) in [6.45, 7) is 0.763. The highest BCUT2D eigenvalue weighted by Gasteiger charge is 2.39. The first-order chi connectivity index (χ1) is 9.04. The monoisotopic (exact) mass is 289 g/mol. The zero-order valence-corrected chi connectivity index (χ0v) is 11.6. The Kier molecular flexibility index (Phi) is 4.63. The molecule has 0 unspecified atom stereocenters. The average molecular weight is 290 g/mol. The Morgan fingerprint density at radius 1 is 1.42 bits per heavy atom. The van der Waals surface area contributed by atoms with E-state index in [9.17, 15) is 8.78 Å². The van der Waals surface area contributed by atoms with Crippen molar-refractivity contribution >= 4 is 11.6 Å². The molecule has 1 aromatic rings. The van der Waals surface area contributed by atoms with Gasteiger partial charge in [-0.25, -0.2) is 0 Å². The van der Waals surface area contributed by atoms with E-state index < -0.39 is 6.61 Å². The second-order valence-corrected chi connectivity index (χ2v) is 5.52. The molecule has 1 aliphatic carbocycles. The molecule has 1 N–H and O–H groups in total. The first-order valence-electron chi connectivity index (χ1n) is 6.49. The number of alkyl halides is 2. The van der Waals surface area contributed by atoms with Gasteiger partial charge >= 0.3 is 6.61 Å². The maximum atomic E-state index is 12.3. The fourth-order valence-corrected chi connectivity index (χ4v) is 2.39. The largest absolute Gasteiger partial charge is 0.434 e. The Morgan fingerprint density at radius 2 is 2.16 bits per heavy atom. The van der Waals surface area contributed by atoms with Crippen molar-refractivity contribution in [3.8, 4) is 5.75 Å². The smallest absolute Gasteiger partial charge is 0.387 e. The van der Waals surface area contributed by atoms with Crippen molar-refractivity contribution in [1.82, 2.24) is 5.32 Å². The van der Waals surface area contributed by atoms with Crippen LogP contribution >= 0.6 is 11.6 Å². The highest BCUT2D eigenvalue weighted by atomic mass is 35.5. The Balaban J connectivity index is 1.95. The van der Waals surface area contributed by atoms with E-state index in [4.69, 9.17) is 11.6 Å². The van der Waals surface area contributed by atoms with Crippen LogP contribution in [-0.2, 0) is 6.54 Å². The molecule has 0 bridgehead atoms. The minimum absolute atomic E-state index is 0.188. The maximum absolute atomic E-state index is 12.3. The van der Waals surface area contributed by atoms with Crippen molar-refractivity contribution in [2.75, 3.05) is 6.54 Å². The summed E-state index contributed by atoms with van der Waals surface area (Å²) in [6, 6.07) is 4.70. The molecule has 2 nitrogen and oxygen atoms in total. The fraction of sp³-hybridized carbons (Fsp3) is 0.571. The van der Waals surface area contributed by atoms with Crippen molar-refractivity contribution < 1.29 is 13.5 Å². The Bertz CT molecular complexity index is 435. The lowest BCUT2D eigenvalue weighted by atomic mass is 10.0. The van der Waals surface area contributed by atoms with Gasteiger partial charge in [-0.2, -0.15) is 8.78 Å². The molecule has 0 saturated heterocycles. The van der Waals surface area contributed by atoms with Crippen LogP contribution in [0.1, 0.15) is 31.7 Å². The van der Waals surface area contributed by atoms with Gasteiger partial charge in [0.25, 0.3) is 0 Å². The van der Waals surface area contributed by atoms with Crippen LogP contribution in [0.3, 0.4) is 0 Å². The molecule has 0 aliphatic heterocycles. The summed E-state index contributed by atoms with van der Waals surface area (Å²) >= 11 is 5.89. The molecule has 19 heavy (non-hydrogen) atoms. The topological polar surface area (TPSA) is 21.3 Å². The summed E-state index contributed by atoms with van der Waals surface area (Å²) in [5.41, 5.74) is 1.09. The van der Waals surface area contributed by atoms with Crippen molar-refractivity contribution in [2.45, 2.75) is 39.3 Å². The van der Waals surface area contributed by atoms with E-state index in [0.717, 1.165) is 13.0 Å². The van der Waals surface area contributed by atoms with Crippen LogP contribution < -0.4 is 10.1 Å². The van der Waals surface area contributed by atoms with Gasteiger partial charge in [0.1, 0.15) is 5.75 Å². The quantitative estimate of drug-likeness (QED) is 0.811. The minimum atomic E-state index is -2.81. The molecular weight excluding hydrogens is 272 g/mol. The van der Waals surface area contributed by atoms with Crippen LogP contribution in [0.25, 0.3) is 0 Å². The first kappa shape index (κ1) is 14.5. The Labute approximate surface area is 117 Å². The zero-order chi connectivity index (χ0) is 13.9. The Morgan fingerprint density at radius 3 is 2.74 bits per heavy atom.